The maximum Gasteiger partial charge on any atom is 0.313 e. The second-order valence-electron chi connectivity index (χ2n) is 6.67. The Balaban J connectivity index is 1.61. The second-order valence-corrected chi connectivity index (χ2v) is 7.85. The minimum atomic E-state index is -0.706. The van der Waals surface area contributed by atoms with E-state index < -0.39 is 11.8 Å². The maximum atomic E-state index is 12.3. The molecule has 0 saturated carbocycles. The number of benzene rings is 1. The highest BCUT2D eigenvalue weighted by atomic mass is 35.5. The van der Waals surface area contributed by atoms with Crippen LogP contribution in [0.2, 0.25) is 5.02 Å². The SMILES string of the molecule is O=C(NCC(c1ccsc1)N1CCCCCC1)C(=O)Nc1ccccc1Cl. The molecule has 1 atom stereocenters. The summed E-state index contributed by atoms with van der Waals surface area (Å²) in [7, 11) is 0. The average molecular weight is 406 g/mol. The monoisotopic (exact) mass is 405 g/mol. The molecule has 1 saturated heterocycles. The molecule has 2 N–H and O–H groups in total. The average Bonchev–Trinajstić information content (AvgIpc) is 3.06. The van der Waals surface area contributed by atoms with Gasteiger partial charge in [-0.05, 0) is 60.5 Å². The van der Waals surface area contributed by atoms with Crippen LogP contribution in [0.25, 0.3) is 0 Å². The molecule has 5 nitrogen and oxygen atoms in total. The van der Waals surface area contributed by atoms with Crippen molar-refractivity contribution in [2.24, 2.45) is 0 Å². The van der Waals surface area contributed by atoms with Gasteiger partial charge in [-0.1, -0.05) is 36.6 Å². The summed E-state index contributed by atoms with van der Waals surface area (Å²) < 4.78 is 0. The highest BCUT2D eigenvalue weighted by Gasteiger charge is 2.24. The Labute approximate surface area is 168 Å². The first-order valence-corrected chi connectivity index (χ1v) is 10.6. The molecule has 7 heteroatoms. The van der Waals surface area contributed by atoms with E-state index in [0.29, 0.717) is 17.3 Å². The smallest absolute Gasteiger partial charge is 0.313 e. The van der Waals surface area contributed by atoms with Crippen LogP contribution in [0.1, 0.15) is 37.3 Å². The Hall–Kier alpha value is -1.89. The summed E-state index contributed by atoms with van der Waals surface area (Å²) in [5, 5.41) is 9.93. The number of rotatable bonds is 5. The van der Waals surface area contributed by atoms with E-state index in [1.807, 2.05) is 5.38 Å². The summed E-state index contributed by atoms with van der Waals surface area (Å²) in [6.45, 7) is 2.44. The van der Waals surface area contributed by atoms with Gasteiger partial charge in [0.15, 0.2) is 0 Å². The minimum absolute atomic E-state index is 0.0893. The second kappa shape index (κ2) is 9.88. The third-order valence-corrected chi connectivity index (χ3v) is 5.82. The molecule has 0 bridgehead atoms. The number of hydrogen-bond donors (Lipinski definition) is 2. The van der Waals surface area contributed by atoms with Crippen LogP contribution in [-0.2, 0) is 9.59 Å². The predicted molar refractivity (Wildman–Crippen MR) is 110 cm³/mol. The quantitative estimate of drug-likeness (QED) is 0.737. The Bertz CT molecular complexity index is 758. The number of thiophene rings is 1. The van der Waals surface area contributed by atoms with Crippen molar-refractivity contribution in [2.45, 2.75) is 31.7 Å². The number of hydrogen-bond acceptors (Lipinski definition) is 4. The summed E-state index contributed by atoms with van der Waals surface area (Å²) in [5.41, 5.74) is 1.62. The van der Waals surface area contributed by atoms with E-state index in [1.165, 1.54) is 31.2 Å². The molecule has 3 rings (SSSR count). The molecule has 144 valence electrons. The van der Waals surface area contributed by atoms with Crippen molar-refractivity contribution < 1.29 is 9.59 Å². The molecule has 27 heavy (non-hydrogen) atoms. The first-order chi connectivity index (χ1) is 13.1. The van der Waals surface area contributed by atoms with Crippen LogP contribution in [-0.4, -0.2) is 36.3 Å². The van der Waals surface area contributed by atoms with E-state index in [4.69, 9.17) is 11.6 Å². The summed E-state index contributed by atoms with van der Waals surface area (Å²) in [4.78, 5) is 26.9. The number of halogens is 1. The first-order valence-electron chi connectivity index (χ1n) is 9.25. The van der Waals surface area contributed by atoms with E-state index in [0.717, 1.165) is 13.1 Å². The fourth-order valence-electron chi connectivity index (χ4n) is 3.34. The molecule has 1 unspecified atom stereocenters. The Morgan fingerprint density at radius 3 is 2.48 bits per heavy atom. The largest absolute Gasteiger partial charge is 0.346 e. The van der Waals surface area contributed by atoms with Crippen LogP contribution in [0.5, 0.6) is 0 Å². The number of nitrogens with one attached hydrogen (secondary N) is 2. The highest BCUT2D eigenvalue weighted by molar-refractivity contribution is 7.08. The van der Waals surface area contributed by atoms with Gasteiger partial charge in [0.1, 0.15) is 0 Å². The number of likely N-dealkylation sites (tertiary alicyclic amines) is 1. The van der Waals surface area contributed by atoms with Gasteiger partial charge >= 0.3 is 11.8 Å². The number of amides is 2. The lowest BCUT2D eigenvalue weighted by Crippen LogP contribution is -2.42. The summed E-state index contributed by atoms with van der Waals surface area (Å²) in [6.07, 6.45) is 4.84. The van der Waals surface area contributed by atoms with Gasteiger partial charge in [0, 0.05) is 6.54 Å². The zero-order valence-electron chi connectivity index (χ0n) is 15.1. The molecule has 0 aliphatic carbocycles. The number of para-hydroxylation sites is 1. The van der Waals surface area contributed by atoms with E-state index in [1.54, 1.807) is 35.6 Å². The lowest BCUT2D eigenvalue weighted by Gasteiger charge is -2.30. The maximum absolute atomic E-state index is 12.3. The fraction of sp³-hybridized carbons (Fsp3) is 0.400. The lowest BCUT2D eigenvalue weighted by molar-refractivity contribution is -0.136. The van der Waals surface area contributed by atoms with Crippen LogP contribution in [0.15, 0.2) is 41.1 Å². The molecule has 0 spiro atoms. The molecule has 2 amide bonds. The standard InChI is InChI=1S/C20H24ClN3O2S/c21-16-7-3-4-8-17(16)23-20(26)19(25)22-13-18(15-9-12-27-14-15)24-10-5-1-2-6-11-24/h3-4,7-9,12,14,18H,1-2,5-6,10-11,13H2,(H,22,25)(H,23,26). The molecule has 1 aromatic carbocycles. The van der Waals surface area contributed by atoms with E-state index in [-0.39, 0.29) is 6.04 Å². The Morgan fingerprint density at radius 1 is 1.07 bits per heavy atom. The minimum Gasteiger partial charge on any atom is -0.346 e. The number of carbonyl (C=O) groups is 2. The van der Waals surface area contributed by atoms with Crippen molar-refractivity contribution in [3.05, 3.63) is 51.7 Å². The predicted octanol–water partition coefficient (Wildman–Crippen LogP) is 4.07. The van der Waals surface area contributed by atoms with E-state index in [9.17, 15) is 9.59 Å². The zero-order valence-corrected chi connectivity index (χ0v) is 16.7. The third-order valence-electron chi connectivity index (χ3n) is 4.79. The van der Waals surface area contributed by atoms with Gasteiger partial charge in [0.2, 0.25) is 0 Å². The van der Waals surface area contributed by atoms with Crippen molar-refractivity contribution >= 4 is 40.4 Å². The van der Waals surface area contributed by atoms with Gasteiger partial charge in [-0.2, -0.15) is 11.3 Å². The Morgan fingerprint density at radius 2 is 1.81 bits per heavy atom. The van der Waals surface area contributed by atoms with Crippen LogP contribution < -0.4 is 10.6 Å². The van der Waals surface area contributed by atoms with Crippen LogP contribution in [0.4, 0.5) is 5.69 Å². The van der Waals surface area contributed by atoms with Crippen molar-refractivity contribution in [1.82, 2.24) is 10.2 Å². The number of nitrogens with zero attached hydrogens (tertiary/aromatic N) is 1. The van der Waals surface area contributed by atoms with Gasteiger partial charge in [-0.3, -0.25) is 14.5 Å². The zero-order chi connectivity index (χ0) is 19.1. The molecule has 1 fully saturated rings. The topological polar surface area (TPSA) is 61.4 Å². The summed E-state index contributed by atoms with van der Waals surface area (Å²) in [5.74, 6) is -1.35. The van der Waals surface area contributed by atoms with Gasteiger partial charge in [-0.25, -0.2) is 0 Å². The highest BCUT2D eigenvalue weighted by Crippen LogP contribution is 2.25. The lowest BCUT2D eigenvalue weighted by atomic mass is 10.1. The van der Waals surface area contributed by atoms with Crippen LogP contribution in [0, 0.1) is 0 Å². The van der Waals surface area contributed by atoms with Gasteiger partial charge < -0.3 is 10.6 Å². The molecule has 1 aromatic heterocycles. The van der Waals surface area contributed by atoms with Crippen molar-refractivity contribution in [3.63, 3.8) is 0 Å². The number of carbonyl (C=O) groups excluding carboxylic acids is 2. The van der Waals surface area contributed by atoms with Gasteiger partial charge in [0.25, 0.3) is 0 Å². The van der Waals surface area contributed by atoms with E-state index in [2.05, 4.69) is 27.0 Å². The van der Waals surface area contributed by atoms with Gasteiger partial charge in [-0.15, -0.1) is 0 Å². The summed E-state index contributed by atoms with van der Waals surface area (Å²) in [6, 6.07) is 9.04. The van der Waals surface area contributed by atoms with Gasteiger partial charge in [0.05, 0.1) is 16.8 Å². The molecule has 1 aliphatic rings. The molecule has 0 radical (unpaired) electrons. The van der Waals surface area contributed by atoms with Crippen LogP contribution >= 0.6 is 22.9 Å². The first kappa shape index (κ1) is 19.9. The van der Waals surface area contributed by atoms with E-state index >= 15 is 0 Å². The molecule has 2 heterocycles. The molecular formula is C20H24ClN3O2S. The van der Waals surface area contributed by atoms with Crippen molar-refractivity contribution in [1.29, 1.82) is 0 Å². The normalized spacial score (nSPS) is 16.3. The fourth-order valence-corrected chi connectivity index (χ4v) is 4.23. The molecule has 1 aliphatic heterocycles. The van der Waals surface area contributed by atoms with Crippen LogP contribution in [0.3, 0.4) is 0 Å². The molecular weight excluding hydrogens is 382 g/mol. The third kappa shape index (κ3) is 5.54. The molecule has 2 aromatic rings. The van der Waals surface area contributed by atoms with Crippen molar-refractivity contribution in [2.75, 3.05) is 25.0 Å². The Kier molecular flexibility index (Phi) is 7.26. The number of anilines is 1. The summed E-state index contributed by atoms with van der Waals surface area (Å²) >= 11 is 7.68. The van der Waals surface area contributed by atoms with Crippen molar-refractivity contribution in [3.8, 4) is 0 Å².